The van der Waals surface area contributed by atoms with Gasteiger partial charge in [-0.1, -0.05) is 12.1 Å². The molecule has 0 aliphatic rings. The van der Waals surface area contributed by atoms with Crippen LogP contribution < -0.4 is 5.32 Å². The number of ether oxygens (including phenoxy) is 2. The highest BCUT2D eigenvalue weighted by atomic mass is 19.1. The summed E-state index contributed by atoms with van der Waals surface area (Å²) in [5.41, 5.74) is -4.10. The first-order valence-electron chi connectivity index (χ1n) is 8.69. The van der Waals surface area contributed by atoms with Crippen LogP contribution in [0.4, 0.5) is 9.18 Å². The SMILES string of the molecule is CC(C)(C)OC(=O)N[C@H](c1ccc(F)cc1)[C@](C)(C(=O)OC(C)(C)C)[N+](=O)[O-]. The first-order chi connectivity index (χ1) is 12.6. The van der Waals surface area contributed by atoms with Crippen molar-refractivity contribution < 1.29 is 28.4 Å². The van der Waals surface area contributed by atoms with E-state index in [0.717, 1.165) is 19.1 Å². The standard InChI is InChI=1S/C19H27FN2O6/c1-17(2,3)27-15(23)19(7,22(25)26)14(12-8-10-13(20)11-9-12)21-16(24)28-18(4,5)6/h8-11,14H,1-7H3,(H,21,24)/t14-,19-/m1/s1. The summed E-state index contributed by atoms with van der Waals surface area (Å²) in [4.78, 5) is 36.2. The molecule has 0 radical (unpaired) electrons. The van der Waals surface area contributed by atoms with Crippen LogP contribution in [0, 0.1) is 15.9 Å². The number of benzene rings is 1. The molecule has 1 amide bonds. The average molecular weight is 398 g/mol. The van der Waals surface area contributed by atoms with Gasteiger partial charge in [0.15, 0.2) is 0 Å². The molecule has 28 heavy (non-hydrogen) atoms. The Bertz CT molecular complexity index is 736. The Balaban J connectivity index is 3.43. The zero-order chi connectivity index (χ0) is 21.9. The molecule has 0 aliphatic heterocycles. The molecule has 8 nitrogen and oxygen atoms in total. The molecule has 0 unspecified atom stereocenters. The molecule has 1 aromatic carbocycles. The lowest BCUT2D eigenvalue weighted by Gasteiger charge is -2.32. The Kier molecular flexibility index (Phi) is 6.76. The lowest BCUT2D eigenvalue weighted by molar-refractivity contribution is -0.557. The third kappa shape index (κ3) is 6.17. The van der Waals surface area contributed by atoms with Crippen LogP contribution in [0.3, 0.4) is 0 Å². The maximum atomic E-state index is 13.3. The number of carbonyl (C=O) groups is 2. The van der Waals surface area contributed by atoms with Gasteiger partial charge < -0.3 is 14.8 Å². The maximum Gasteiger partial charge on any atom is 0.408 e. The van der Waals surface area contributed by atoms with Gasteiger partial charge in [0.05, 0.1) is 0 Å². The van der Waals surface area contributed by atoms with Gasteiger partial charge in [-0.15, -0.1) is 0 Å². The smallest absolute Gasteiger partial charge is 0.408 e. The molecule has 1 N–H and O–H groups in total. The Morgan fingerprint density at radius 1 is 1.00 bits per heavy atom. The molecule has 0 saturated heterocycles. The fourth-order valence-electron chi connectivity index (χ4n) is 2.31. The number of hydrogen-bond acceptors (Lipinski definition) is 6. The molecule has 9 heteroatoms. The quantitative estimate of drug-likeness (QED) is 0.459. The molecule has 156 valence electrons. The normalized spacial score (nSPS) is 15.1. The summed E-state index contributed by atoms with van der Waals surface area (Å²) in [5, 5.41) is 14.3. The van der Waals surface area contributed by atoms with Crippen molar-refractivity contribution in [1.82, 2.24) is 5.32 Å². The van der Waals surface area contributed by atoms with Crippen molar-refractivity contribution in [2.75, 3.05) is 0 Å². The molecule has 2 atom stereocenters. The maximum absolute atomic E-state index is 13.3. The molecule has 0 fully saturated rings. The van der Waals surface area contributed by atoms with Crippen LogP contribution in [0.5, 0.6) is 0 Å². The van der Waals surface area contributed by atoms with Crippen molar-refractivity contribution in [2.45, 2.75) is 71.2 Å². The first kappa shape index (κ1) is 23.3. The van der Waals surface area contributed by atoms with Crippen LogP contribution in [-0.4, -0.2) is 33.7 Å². The Morgan fingerprint density at radius 2 is 1.46 bits per heavy atom. The summed E-state index contributed by atoms with van der Waals surface area (Å²) >= 11 is 0. The van der Waals surface area contributed by atoms with E-state index in [9.17, 15) is 24.1 Å². The molecule has 1 rings (SSSR count). The molecular formula is C19H27FN2O6. The Labute approximate surface area is 163 Å². The van der Waals surface area contributed by atoms with Gasteiger partial charge in [0.1, 0.15) is 23.1 Å². The molecule has 0 saturated carbocycles. The van der Waals surface area contributed by atoms with Gasteiger partial charge in [-0.2, -0.15) is 0 Å². The fourth-order valence-corrected chi connectivity index (χ4v) is 2.31. The van der Waals surface area contributed by atoms with E-state index >= 15 is 0 Å². The van der Waals surface area contributed by atoms with E-state index < -0.39 is 45.6 Å². The molecule has 1 aromatic rings. The highest BCUT2D eigenvalue weighted by Crippen LogP contribution is 2.32. The van der Waals surface area contributed by atoms with E-state index in [4.69, 9.17) is 9.47 Å². The summed E-state index contributed by atoms with van der Waals surface area (Å²) in [5.74, 6) is -1.71. The van der Waals surface area contributed by atoms with Crippen LogP contribution in [0.15, 0.2) is 24.3 Å². The number of rotatable bonds is 5. The summed E-state index contributed by atoms with van der Waals surface area (Å²) in [6.45, 7) is 10.6. The topological polar surface area (TPSA) is 108 Å². The van der Waals surface area contributed by atoms with Crippen molar-refractivity contribution in [3.63, 3.8) is 0 Å². The van der Waals surface area contributed by atoms with Crippen LogP contribution in [-0.2, 0) is 14.3 Å². The van der Waals surface area contributed by atoms with Gasteiger partial charge in [-0.25, -0.2) is 14.0 Å². The van der Waals surface area contributed by atoms with Crippen molar-refractivity contribution >= 4 is 12.1 Å². The number of nitrogens with one attached hydrogen (secondary N) is 1. The minimum absolute atomic E-state index is 0.150. The number of esters is 1. The number of nitrogens with zero attached hydrogens (tertiary/aromatic N) is 1. The highest BCUT2D eigenvalue weighted by Gasteiger charge is 2.57. The van der Waals surface area contributed by atoms with Crippen LogP contribution in [0.1, 0.15) is 60.1 Å². The first-order valence-corrected chi connectivity index (χ1v) is 8.69. The van der Waals surface area contributed by atoms with E-state index in [1.165, 1.54) is 12.1 Å². The minimum atomic E-state index is -2.39. The predicted octanol–water partition coefficient (Wildman–Crippen LogP) is 3.77. The predicted molar refractivity (Wildman–Crippen MR) is 99.8 cm³/mol. The van der Waals surface area contributed by atoms with E-state index in [2.05, 4.69) is 5.32 Å². The van der Waals surface area contributed by atoms with Gasteiger partial charge in [-0.05, 0) is 59.2 Å². The third-order valence-electron chi connectivity index (χ3n) is 3.62. The van der Waals surface area contributed by atoms with Crippen molar-refractivity contribution in [1.29, 1.82) is 0 Å². The van der Waals surface area contributed by atoms with E-state index in [-0.39, 0.29) is 5.56 Å². The van der Waals surface area contributed by atoms with E-state index in [0.29, 0.717) is 0 Å². The third-order valence-corrected chi connectivity index (χ3v) is 3.62. The number of amides is 1. The van der Waals surface area contributed by atoms with Crippen LogP contribution >= 0.6 is 0 Å². The zero-order valence-electron chi connectivity index (χ0n) is 17.2. The number of alkyl carbamates (subject to hydrolysis) is 1. The van der Waals surface area contributed by atoms with Crippen molar-refractivity contribution in [2.24, 2.45) is 0 Å². The Morgan fingerprint density at radius 3 is 1.86 bits per heavy atom. The van der Waals surface area contributed by atoms with Crippen molar-refractivity contribution in [3.05, 3.63) is 45.8 Å². The largest absolute Gasteiger partial charge is 0.455 e. The van der Waals surface area contributed by atoms with Crippen molar-refractivity contribution in [3.8, 4) is 0 Å². The molecule has 0 aliphatic carbocycles. The number of halogens is 1. The number of hydrogen-bond donors (Lipinski definition) is 1. The Hall–Kier alpha value is -2.71. The van der Waals surface area contributed by atoms with E-state index in [1.807, 2.05) is 0 Å². The molecular weight excluding hydrogens is 371 g/mol. The lowest BCUT2D eigenvalue weighted by atomic mass is 9.87. The van der Waals surface area contributed by atoms with Gasteiger partial charge in [-0.3, -0.25) is 10.1 Å². The van der Waals surface area contributed by atoms with Gasteiger partial charge in [0, 0.05) is 11.8 Å². The van der Waals surface area contributed by atoms with Gasteiger partial charge >= 0.3 is 17.6 Å². The molecule has 0 heterocycles. The summed E-state index contributed by atoms with van der Waals surface area (Å²) in [6.07, 6.45) is -0.960. The molecule has 0 bridgehead atoms. The second-order valence-electron chi connectivity index (χ2n) is 8.54. The average Bonchev–Trinajstić information content (AvgIpc) is 2.49. The number of nitro groups is 1. The lowest BCUT2D eigenvalue weighted by Crippen LogP contribution is -2.57. The van der Waals surface area contributed by atoms with Crippen LogP contribution in [0.25, 0.3) is 0 Å². The van der Waals surface area contributed by atoms with Crippen LogP contribution in [0.2, 0.25) is 0 Å². The highest BCUT2D eigenvalue weighted by molar-refractivity contribution is 5.82. The molecule has 0 spiro atoms. The van der Waals surface area contributed by atoms with E-state index in [1.54, 1.807) is 41.5 Å². The summed E-state index contributed by atoms with van der Waals surface area (Å²) < 4.78 is 23.7. The second-order valence-corrected chi connectivity index (χ2v) is 8.54. The fraction of sp³-hybridized carbons (Fsp3) is 0.579. The molecule has 0 aromatic heterocycles. The van der Waals surface area contributed by atoms with Gasteiger partial charge in [0.25, 0.3) is 0 Å². The summed E-state index contributed by atoms with van der Waals surface area (Å²) in [6, 6.07) is 3.20. The van der Waals surface area contributed by atoms with Gasteiger partial charge in [0.2, 0.25) is 0 Å². The minimum Gasteiger partial charge on any atom is -0.455 e. The zero-order valence-corrected chi connectivity index (χ0v) is 17.2. The summed E-state index contributed by atoms with van der Waals surface area (Å²) in [7, 11) is 0. The monoisotopic (exact) mass is 398 g/mol. The second kappa shape index (κ2) is 8.12. The number of carbonyl (C=O) groups excluding carboxylic acids is 2.